The Morgan fingerprint density at radius 1 is 1.43 bits per heavy atom. The molecule has 1 heterocycles. The van der Waals surface area contributed by atoms with Gasteiger partial charge in [0.15, 0.2) is 0 Å². The highest BCUT2D eigenvalue weighted by molar-refractivity contribution is 5.19. The number of aromatic nitrogens is 1. The molecule has 2 nitrogen and oxygen atoms in total. The predicted molar refractivity (Wildman–Crippen MR) is 39.8 cm³/mol. The minimum Gasteiger partial charge on any atom is -0.387 e. The van der Waals surface area contributed by atoms with Gasteiger partial charge in [-0.1, -0.05) is 0 Å². The van der Waals surface area contributed by atoms with Crippen LogP contribution < -0.4 is 0 Å². The summed E-state index contributed by atoms with van der Waals surface area (Å²) in [5, 5.41) is 8.91. The zero-order valence-corrected chi connectivity index (χ0v) is 7.14. The van der Waals surface area contributed by atoms with E-state index in [9.17, 15) is 17.6 Å². The van der Waals surface area contributed by atoms with Crippen LogP contribution in [0.15, 0.2) is 12.3 Å². The van der Waals surface area contributed by atoms with Crippen molar-refractivity contribution >= 4 is 0 Å². The Kier molecular flexibility index (Phi) is 2.75. The van der Waals surface area contributed by atoms with Crippen molar-refractivity contribution < 1.29 is 22.7 Å². The summed E-state index contributed by atoms with van der Waals surface area (Å²) in [5.74, 6) is -1.16. The number of hydrogen-bond acceptors (Lipinski definition) is 2. The van der Waals surface area contributed by atoms with Gasteiger partial charge in [-0.2, -0.15) is 13.2 Å². The van der Waals surface area contributed by atoms with Gasteiger partial charge < -0.3 is 5.11 Å². The topological polar surface area (TPSA) is 33.1 Å². The maximum absolute atomic E-state index is 12.9. The fourth-order valence-corrected chi connectivity index (χ4v) is 0.911. The monoisotopic (exact) mass is 209 g/mol. The van der Waals surface area contributed by atoms with E-state index in [0.717, 1.165) is 0 Å². The Labute approximate surface area is 77.2 Å². The Balaban J connectivity index is 3.13. The first kappa shape index (κ1) is 10.9. The van der Waals surface area contributed by atoms with E-state index >= 15 is 0 Å². The fourth-order valence-electron chi connectivity index (χ4n) is 0.911. The van der Waals surface area contributed by atoms with Crippen molar-refractivity contribution in [2.75, 3.05) is 0 Å². The summed E-state index contributed by atoms with van der Waals surface area (Å²) in [6, 6.07) is 0.315. The summed E-state index contributed by atoms with van der Waals surface area (Å²) in [4.78, 5) is 3.20. The zero-order chi connectivity index (χ0) is 10.9. The van der Waals surface area contributed by atoms with Crippen LogP contribution in [-0.4, -0.2) is 10.1 Å². The molecule has 14 heavy (non-hydrogen) atoms. The number of nitrogens with zero attached hydrogens (tertiary/aromatic N) is 1. The first-order valence-electron chi connectivity index (χ1n) is 3.73. The molecule has 0 saturated carbocycles. The maximum Gasteiger partial charge on any atom is 0.417 e. The number of pyridine rings is 1. The molecule has 0 aliphatic rings. The van der Waals surface area contributed by atoms with Crippen molar-refractivity contribution in [3.05, 3.63) is 29.3 Å². The van der Waals surface area contributed by atoms with Crippen LogP contribution in [0, 0.1) is 5.82 Å². The van der Waals surface area contributed by atoms with Gasteiger partial charge in [-0.05, 0) is 13.0 Å². The molecule has 0 aliphatic heterocycles. The third-order valence-electron chi connectivity index (χ3n) is 1.59. The Hall–Kier alpha value is -1.17. The van der Waals surface area contributed by atoms with Crippen molar-refractivity contribution in [2.24, 2.45) is 0 Å². The van der Waals surface area contributed by atoms with E-state index in [-0.39, 0.29) is 0 Å². The average molecular weight is 209 g/mol. The molecule has 0 aliphatic carbocycles. The van der Waals surface area contributed by atoms with Crippen LogP contribution >= 0.6 is 0 Å². The molecule has 1 aromatic rings. The molecule has 0 aromatic carbocycles. The molecule has 78 valence electrons. The summed E-state index contributed by atoms with van der Waals surface area (Å²) >= 11 is 0. The molecule has 0 bridgehead atoms. The predicted octanol–water partition coefficient (Wildman–Crippen LogP) is 2.29. The number of hydrogen-bond donors (Lipinski definition) is 1. The molecule has 0 saturated heterocycles. The van der Waals surface area contributed by atoms with Gasteiger partial charge in [0.05, 0.1) is 11.7 Å². The van der Waals surface area contributed by atoms with E-state index in [1.54, 1.807) is 0 Å². The van der Waals surface area contributed by atoms with Gasteiger partial charge >= 0.3 is 6.18 Å². The molecule has 1 atom stereocenters. The Morgan fingerprint density at radius 3 is 2.36 bits per heavy atom. The molecular formula is C8H7F4NO. The fraction of sp³-hybridized carbons (Fsp3) is 0.375. The third-order valence-corrected chi connectivity index (χ3v) is 1.59. The van der Waals surface area contributed by atoms with E-state index in [2.05, 4.69) is 4.98 Å². The van der Waals surface area contributed by atoms with Crippen molar-refractivity contribution in [2.45, 2.75) is 19.2 Å². The first-order chi connectivity index (χ1) is 6.32. The van der Waals surface area contributed by atoms with Gasteiger partial charge in [-0.3, -0.25) is 4.98 Å². The summed E-state index contributed by atoms with van der Waals surface area (Å²) in [5.41, 5.74) is -1.56. The van der Waals surface area contributed by atoms with E-state index in [0.29, 0.717) is 12.3 Å². The number of rotatable bonds is 1. The second-order valence-corrected chi connectivity index (χ2v) is 2.76. The second kappa shape index (κ2) is 3.53. The standard InChI is InChI=1S/C8H7F4NO/c1-4(14)7-6(9)2-5(3-13-7)8(10,11)12/h2-4,14H,1H3/t4-/m1/s1. The van der Waals surface area contributed by atoms with Gasteiger partial charge in [0.2, 0.25) is 0 Å². The van der Waals surface area contributed by atoms with Crippen LogP contribution in [0.1, 0.15) is 24.3 Å². The number of aliphatic hydroxyl groups is 1. The molecule has 1 N–H and O–H groups in total. The maximum atomic E-state index is 12.9. The van der Waals surface area contributed by atoms with E-state index in [1.165, 1.54) is 6.92 Å². The SMILES string of the molecule is C[C@@H](O)c1ncc(C(F)(F)F)cc1F. The van der Waals surface area contributed by atoms with E-state index in [1.807, 2.05) is 0 Å². The van der Waals surface area contributed by atoms with Crippen LogP contribution in [-0.2, 0) is 6.18 Å². The largest absolute Gasteiger partial charge is 0.417 e. The van der Waals surface area contributed by atoms with E-state index < -0.39 is 29.4 Å². The van der Waals surface area contributed by atoms with Crippen molar-refractivity contribution in [3.8, 4) is 0 Å². The zero-order valence-electron chi connectivity index (χ0n) is 7.14. The molecule has 0 unspecified atom stereocenters. The summed E-state index contributed by atoms with van der Waals surface area (Å²) in [6.07, 6.45) is -5.35. The number of halogens is 4. The minimum absolute atomic E-state index is 0.315. The average Bonchev–Trinajstić information content (AvgIpc) is 2.01. The lowest BCUT2D eigenvalue weighted by Crippen LogP contribution is -2.09. The molecule has 0 radical (unpaired) electrons. The summed E-state index contributed by atoms with van der Waals surface area (Å²) in [6.45, 7) is 1.22. The molecule has 1 aromatic heterocycles. The van der Waals surface area contributed by atoms with Crippen molar-refractivity contribution in [3.63, 3.8) is 0 Å². The molecule has 0 amide bonds. The molecule has 0 spiro atoms. The Morgan fingerprint density at radius 2 is 2.00 bits per heavy atom. The molecule has 1 rings (SSSR count). The normalized spacial score (nSPS) is 14.1. The number of aliphatic hydroxyl groups excluding tert-OH is 1. The van der Waals surface area contributed by atoms with Crippen LogP contribution in [0.3, 0.4) is 0 Å². The van der Waals surface area contributed by atoms with Gasteiger partial charge in [0.25, 0.3) is 0 Å². The molecule has 6 heteroatoms. The van der Waals surface area contributed by atoms with Crippen LogP contribution in [0.2, 0.25) is 0 Å². The Bertz CT molecular complexity index is 335. The van der Waals surface area contributed by atoms with Gasteiger partial charge in [-0.25, -0.2) is 4.39 Å². The summed E-state index contributed by atoms with van der Waals surface area (Å²) in [7, 11) is 0. The third kappa shape index (κ3) is 2.20. The highest BCUT2D eigenvalue weighted by atomic mass is 19.4. The second-order valence-electron chi connectivity index (χ2n) is 2.76. The van der Waals surface area contributed by atoms with Gasteiger partial charge in [0.1, 0.15) is 11.5 Å². The minimum atomic E-state index is -4.62. The highest BCUT2D eigenvalue weighted by Gasteiger charge is 2.32. The lowest BCUT2D eigenvalue weighted by atomic mass is 10.2. The molecular weight excluding hydrogens is 202 g/mol. The number of alkyl halides is 3. The lowest BCUT2D eigenvalue weighted by molar-refractivity contribution is -0.138. The highest BCUT2D eigenvalue weighted by Crippen LogP contribution is 2.30. The van der Waals surface area contributed by atoms with Crippen LogP contribution in [0.4, 0.5) is 17.6 Å². The first-order valence-corrected chi connectivity index (χ1v) is 3.73. The van der Waals surface area contributed by atoms with Crippen molar-refractivity contribution in [1.29, 1.82) is 0 Å². The summed E-state index contributed by atoms with van der Waals surface area (Å²) < 4.78 is 49.0. The smallest absolute Gasteiger partial charge is 0.387 e. The van der Waals surface area contributed by atoms with Crippen LogP contribution in [0.5, 0.6) is 0 Å². The van der Waals surface area contributed by atoms with Crippen molar-refractivity contribution in [1.82, 2.24) is 4.98 Å². The lowest BCUT2D eigenvalue weighted by Gasteiger charge is -2.09. The van der Waals surface area contributed by atoms with Gasteiger partial charge in [0, 0.05) is 6.20 Å². The quantitative estimate of drug-likeness (QED) is 0.720. The molecule has 0 fully saturated rings. The van der Waals surface area contributed by atoms with Gasteiger partial charge in [-0.15, -0.1) is 0 Å². The van der Waals surface area contributed by atoms with Crippen LogP contribution in [0.25, 0.3) is 0 Å². The van der Waals surface area contributed by atoms with E-state index in [4.69, 9.17) is 5.11 Å².